The van der Waals surface area contributed by atoms with Crippen molar-refractivity contribution in [3.63, 3.8) is 0 Å². The first-order valence-electron chi connectivity index (χ1n) is 6.10. The van der Waals surface area contributed by atoms with Crippen molar-refractivity contribution < 1.29 is 9.53 Å². The smallest absolute Gasteiger partial charge is 0.344 e. The first kappa shape index (κ1) is 13.1. The van der Waals surface area contributed by atoms with Gasteiger partial charge in [0.25, 0.3) is 5.56 Å². The van der Waals surface area contributed by atoms with Crippen LogP contribution in [-0.2, 0) is 4.74 Å². The van der Waals surface area contributed by atoms with Crippen molar-refractivity contribution in [2.75, 3.05) is 6.61 Å². The maximum Gasteiger partial charge on any atom is 0.344 e. The molecule has 1 heterocycles. The van der Waals surface area contributed by atoms with Gasteiger partial charge in [0, 0.05) is 5.69 Å². The lowest BCUT2D eigenvalue weighted by atomic mass is 10.1. The predicted molar refractivity (Wildman–Crippen MR) is 73.2 cm³/mol. The minimum atomic E-state index is -0.583. The Bertz CT molecular complexity index is 644. The zero-order valence-electron chi connectivity index (χ0n) is 10.9. The third-order valence-corrected chi connectivity index (χ3v) is 2.79. The van der Waals surface area contributed by atoms with Crippen LogP contribution in [0.4, 0.5) is 0 Å². The van der Waals surface area contributed by atoms with Crippen LogP contribution in [0.1, 0.15) is 22.8 Å². The van der Waals surface area contributed by atoms with E-state index < -0.39 is 11.5 Å². The van der Waals surface area contributed by atoms with Gasteiger partial charge in [0.05, 0.1) is 6.61 Å². The molecule has 4 nitrogen and oxygen atoms in total. The Morgan fingerprint density at radius 2 is 1.95 bits per heavy atom. The van der Waals surface area contributed by atoms with E-state index in [4.69, 9.17) is 4.74 Å². The maximum atomic E-state index is 12.0. The zero-order chi connectivity index (χ0) is 13.8. The average molecular weight is 257 g/mol. The number of rotatable bonds is 3. The molecular weight excluding hydrogens is 242 g/mol. The molecule has 2 rings (SSSR count). The molecule has 1 N–H and O–H groups in total. The van der Waals surface area contributed by atoms with E-state index in [1.165, 1.54) is 0 Å². The summed E-state index contributed by atoms with van der Waals surface area (Å²) >= 11 is 0. The highest BCUT2D eigenvalue weighted by atomic mass is 16.5. The molecule has 0 saturated carbocycles. The van der Waals surface area contributed by atoms with Crippen molar-refractivity contribution in [3.8, 4) is 11.3 Å². The minimum absolute atomic E-state index is 0.0709. The molecule has 0 amide bonds. The monoisotopic (exact) mass is 257 g/mol. The number of aryl methyl sites for hydroxylation is 1. The van der Waals surface area contributed by atoms with Gasteiger partial charge in [-0.05, 0) is 31.0 Å². The molecule has 0 fully saturated rings. The van der Waals surface area contributed by atoms with Crippen molar-refractivity contribution in [3.05, 3.63) is 57.9 Å². The SMILES string of the molecule is CCOC(=O)c1c(C)cc(-c2ccccc2)[nH]c1=O. The number of ether oxygens (including phenoxy) is 1. The number of hydrogen-bond donors (Lipinski definition) is 1. The quantitative estimate of drug-likeness (QED) is 0.859. The maximum absolute atomic E-state index is 12.0. The Hall–Kier alpha value is -2.36. The van der Waals surface area contributed by atoms with Crippen molar-refractivity contribution in [1.82, 2.24) is 4.98 Å². The number of nitrogens with one attached hydrogen (secondary N) is 1. The number of hydrogen-bond acceptors (Lipinski definition) is 3. The van der Waals surface area contributed by atoms with Crippen LogP contribution < -0.4 is 5.56 Å². The molecule has 19 heavy (non-hydrogen) atoms. The summed E-state index contributed by atoms with van der Waals surface area (Å²) in [5, 5.41) is 0. The Morgan fingerprint density at radius 3 is 2.53 bits per heavy atom. The molecule has 4 heteroatoms. The van der Waals surface area contributed by atoms with Crippen LogP contribution >= 0.6 is 0 Å². The number of carbonyl (C=O) groups is 1. The first-order valence-corrected chi connectivity index (χ1v) is 6.10. The number of benzene rings is 1. The fourth-order valence-corrected chi connectivity index (χ4v) is 1.92. The highest BCUT2D eigenvalue weighted by Crippen LogP contribution is 2.17. The van der Waals surface area contributed by atoms with Gasteiger partial charge in [-0.15, -0.1) is 0 Å². The van der Waals surface area contributed by atoms with Crippen molar-refractivity contribution in [1.29, 1.82) is 0 Å². The lowest BCUT2D eigenvalue weighted by Gasteiger charge is -2.07. The second-order valence-electron chi connectivity index (χ2n) is 4.16. The van der Waals surface area contributed by atoms with Gasteiger partial charge >= 0.3 is 5.97 Å². The summed E-state index contributed by atoms with van der Waals surface area (Å²) in [5.74, 6) is -0.583. The number of carbonyl (C=O) groups excluding carboxylic acids is 1. The molecule has 0 saturated heterocycles. The third-order valence-electron chi connectivity index (χ3n) is 2.79. The predicted octanol–water partition coefficient (Wildman–Crippen LogP) is 2.53. The molecule has 0 aliphatic rings. The van der Waals surface area contributed by atoms with Gasteiger partial charge in [-0.25, -0.2) is 4.79 Å². The van der Waals surface area contributed by atoms with Gasteiger partial charge in [-0.2, -0.15) is 0 Å². The molecule has 1 aromatic heterocycles. The lowest BCUT2D eigenvalue weighted by Crippen LogP contribution is -2.22. The van der Waals surface area contributed by atoms with Crippen LogP contribution in [0, 0.1) is 6.92 Å². The molecule has 98 valence electrons. The van der Waals surface area contributed by atoms with Gasteiger partial charge in [0.15, 0.2) is 0 Å². The highest BCUT2D eigenvalue weighted by molar-refractivity contribution is 5.91. The summed E-state index contributed by atoms with van der Waals surface area (Å²) in [6.07, 6.45) is 0. The molecule has 1 aromatic carbocycles. The molecule has 0 aliphatic carbocycles. The molecule has 0 aliphatic heterocycles. The Balaban J connectivity index is 2.49. The topological polar surface area (TPSA) is 59.2 Å². The number of aromatic amines is 1. The molecular formula is C15H15NO3. The Kier molecular flexibility index (Phi) is 3.80. The number of H-pyrrole nitrogens is 1. The second-order valence-corrected chi connectivity index (χ2v) is 4.16. The van der Waals surface area contributed by atoms with Crippen molar-refractivity contribution in [2.45, 2.75) is 13.8 Å². The summed E-state index contributed by atoms with van der Waals surface area (Å²) in [6.45, 7) is 3.69. The normalized spacial score (nSPS) is 10.2. The third kappa shape index (κ3) is 2.73. The fourth-order valence-electron chi connectivity index (χ4n) is 1.92. The lowest BCUT2D eigenvalue weighted by molar-refractivity contribution is 0.0523. The summed E-state index contributed by atoms with van der Waals surface area (Å²) in [6, 6.07) is 11.3. The molecule has 0 radical (unpaired) electrons. The van der Waals surface area contributed by atoms with Gasteiger partial charge < -0.3 is 9.72 Å². The van der Waals surface area contributed by atoms with Crippen LogP contribution in [0.15, 0.2) is 41.2 Å². The van der Waals surface area contributed by atoms with E-state index in [0.717, 1.165) is 5.56 Å². The van der Waals surface area contributed by atoms with Gasteiger partial charge in [0.2, 0.25) is 0 Å². The van der Waals surface area contributed by atoms with E-state index >= 15 is 0 Å². The number of pyridine rings is 1. The van der Waals surface area contributed by atoms with Crippen molar-refractivity contribution >= 4 is 5.97 Å². The van der Waals surface area contributed by atoms with Crippen LogP contribution in [0.25, 0.3) is 11.3 Å². The van der Waals surface area contributed by atoms with Gasteiger partial charge in [0.1, 0.15) is 5.56 Å². The molecule has 0 unspecified atom stereocenters. The highest BCUT2D eigenvalue weighted by Gasteiger charge is 2.16. The van der Waals surface area contributed by atoms with Crippen LogP contribution in [0.2, 0.25) is 0 Å². The van der Waals surface area contributed by atoms with Crippen LogP contribution in [0.5, 0.6) is 0 Å². The molecule has 0 bridgehead atoms. The second kappa shape index (κ2) is 5.52. The van der Waals surface area contributed by atoms with E-state index in [2.05, 4.69) is 4.98 Å². The van der Waals surface area contributed by atoms with Crippen molar-refractivity contribution in [2.24, 2.45) is 0 Å². The van der Waals surface area contributed by atoms with Crippen LogP contribution in [-0.4, -0.2) is 17.6 Å². The average Bonchev–Trinajstić information content (AvgIpc) is 2.39. The summed E-state index contributed by atoms with van der Waals surface area (Å²) in [5.41, 5.74) is 1.86. The van der Waals surface area contributed by atoms with E-state index in [1.807, 2.05) is 30.3 Å². The largest absolute Gasteiger partial charge is 0.462 e. The van der Waals surface area contributed by atoms with Gasteiger partial charge in [-0.3, -0.25) is 4.79 Å². The molecule has 0 atom stereocenters. The fraction of sp³-hybridized carbons (Fsp3) is 0.200. The minimum Gasteiger partial charge on any atom is -0.462 e. The Labute approximate surface area is 111 Å². The number of esters is 1. The summed E-state index contributed by atoms with van der Waals surface area (Å²) < 4.78 is 4.88. The summed E-state index contributed by atoms with van der Waals surface area (Å²) in [4.78, 5) is 26.4. The summed E-state index contributed by atoms with van der Waals surface area (Å²) in [7, 11) is 0. The Morgan fingerprint density at radius 1 is 1.26 bits per heavy atom. The van der Waals surface area contributed by atoms with E-state index in [-0.39, 0.29) is 12.2 Å². The standard InChI is InChI=1S/C15H15NO3/c1-3-19-15(18)13-10(2)9-12(16-14(13)17)11-7-5-4-6-8-11/h4-9H,3H2,1-2H3,(H,16,17). The molecule has 2 aromatic rings. The van der Waals surface area contributed by atoms with Gasteiger partial charge in [-0.1, -0.05) is 30.3 Å². The van der Waals surface area contributed by atoms with E-state index in [0.29, 0.717) is 11.3 Å². The first-order chi connectivity index (χ1) is 9.13. The van der Waals surface area contributed by atoms with E-state index in [9.17, 15) is 9.59 Å². The van der Waals surface area contributed by atoms with Crippen LogP contribution in [0.3, 0.4) is 0 Å². The zero-order valence-corrected chi connectivity index (χ0v) is 10.9. The number of aromatic nitrogens is 1. The molecule has 0 spiro atoms. The van der Waals surface area contributed by atoms with E-state index in [1.54, 1.807) is 19.9 Å².